The van der Waals surface area contributed by atoms with E-state index >= 15 is 0 Å². The van der Waals surface area contributed by atoms with Crippen molar-refractivity contribution in [2.45, 2.75) is 0 Å². The van der Waals surface area contributed by atoms with Gasteiger partial charge in [0.05, 0.1) is 0 Å². The first-order valence-corrected chi connectivity index (χ1v) is 10.7. The second-order valence-electron chi connectivity index (χ2n) is 8.46. The molecule has 2 heteroatoms. The molecule has 0 saturated carbocycles. The van der Waals surface area contributed by atoms with Crippen molar-refractivity contribution in [1.82, 2.24) is 0 Å². The number of carbonyl (C=O) groups is 1. The Morgan fingerprint density at radius 3 is 2.06 bits per heavy atom. The lowest BCUT2D eigenvalue weighted by Gasteiger charge is -2.19. The highest BCUT2D eigenvalue weighted by Crippen LogP contribution is 2.37. The molecule has 0 unspecified atom stereocenters. The minimum absolute atomic E-state index is 0.0205. The standard InChI is InChI=1S/C29H17BO/c31-29-22-11-4-5-12-24(22)30(21-9-2-1-3-10-21)25-16-15-19-14-13-18-7-6-8-20-17-23(29)28(25)27(19)26(18)20/h1-17H. The molecule has 6 aromatic rings. The van der Waals surface area contributed by atoms with Gasteiger partial charge >= 0.3 is 0 Å². The van der Waals surface area contributed by atoms with E-state index in [-0.39, 0.29) is 12.5 Å². The lowest BCUT2D eigenvalue weighted by molar-refractivity contribution is 0.104. The normalized spacial score (nSPS) is 13.2. The topological polar surface area (TPSA) is 17.1 Å². The van der Waals surface area contributed by atoms with Crippen LogP contribution in [0.3, 0.4) is 0 Å². The van der Waals surface area contributed by atoms with Crippen molar-refractivity contribution in [3.05, 3.63) is 114 Å². The average molecular weight is 392 g/mol. The molecule has 7 rings (SSSR count). The Kier molecular flexibility index (Phi) is 3.29. The number of hydrogen-bond acceptors (Lipinski definition) is 1. The largest absolute Gasteiger partial charge is 0.289 e. The fraction of sp³-hybridized carbons (Fsp3) is 0. The van der Waals surface area contributed by atoms with Gasteiger partial charge in [-0.25, -0.2) is 0 Å². The van der Waals surface area contributed by atoms with Gasteiger partial charge in [0.25, 0.3) is 0 Å². The zero-order chi connectivity index (χ0) is 20.5. The summed E-state index contributed by atoms with van der Waals surface area (Å²) in [6.45, 7) is 0.0205. The zero-order valence-electron chi connectivity index (χ0n) is 16.8. The molecule has 1 aliphatic rings. The number of fused-ring (bicyclic) bond motifs is 1. The third kappa shape index (κ3) is 2.19. The van der Waals surface area contributed by atoms with E-state index in [2.05, 4.69) is 78.9 Å². The third-order valence-corrected chi connectivity index (χ3v) is 6.87. The molecule has 0 fully saturated rings. The predicted octanol–water partition coefficient (Wildman–Crippen LogP) is 4.64. The fourth-order valence-corrected chi connectivity index (χ4v) is 5.57. The summed E-state index contributed by atoms with van der Waals surface area (Å²) in [5.74, 6) is 0.120. The molecule has 1 nitrogen and oxygen atoms in total. The quantitative estimate of drug-likeness (QED) is 0.294. The van der Waals surface area contributed by atoms with Gasteiger partial charge < -0.3 is 0 Å². The lowest BCUT2D eigenvalue weighted by Crippen LogP contribution is -2.52. The summed E-state index contributed by atoms with van der Waals surface area (Å²) >= 11 is 0. The Balaban J connectivity index is 1.75. The van der Waals surface area contributed by atoms with E-state index in [0.29, 0.717) is 0 Å². The molecule has 0 bridgehead atoms. The molecule has 1 heterocycles. The van der Waals surface area contributed by atoms with Gasteiger partial charge in [-0.05, 0) is 38.4 Å². The maximum absolute atomic E-state index is 13.9. The van der Waals surface area contributed by atoms with Gasteiger partial charge in [-0.1, -0.05) is 113 Å². The first-order chi connectivity index (χ1) is 15.3. The van der Waals surface area contributed by atoms with Crippen molar-refractivity contribution in [3.8, 4) is 0 Å². The molecule has 0 saturated heterocycles. The summed E-state index contributed by atoms with van der Waals surface area (Å²) in [7, 11) is 0. The first kappa shape index (κ1) is 16.8. The molecule has 0 aliphatic carbocycles. The molecule has 0 radical (unpaired) electrons. The van der Waals surface area contributed by atoms with E-state index in [9.17, 15) is 4.79 Å². The van der Waals surface area contributed by atoms with E-state index in [4.69, 9.17) is 0 Å². The molecule has 0 atom stereocenters. The number of benzene rings is 6. The minimum Gasteiger partial charge on any atom is -0.289 e. The van der Waals surface area contributed by atoms with Crippen molar-refractivity contribution in [2.75, 3.05) is 0 Å². The molecule has 0 N–H and O–H groups in total. The third-order valence-electron chi connectivity index (χ3n) is 6.87. The fourth-order valence-electron chi connectivity index (χ4n) is 5.57. The van der Waals surface area contributed by atoms with Crippen LogP contribution in [0.15, 0.2) is 103 Å². The summed E-state index contributed by atoms with van der Waals surface area (Å²) < 4.78 is 0. The highest BCUT2D eigenvalue weighted by Gasteiger charge is 2.33. The van der Waals surface area contributed by atoms with Crippen molar-refractivity contribution < 1.29 is 4.79 Å². The van der Waals surface area contributed by atoms with E-state index in [0.717, 1.165) is 27.4 Å². The Morgan fingerprint density at radius 1 is 0.484 bits per heavy atom. The second-order valence-corrected chi connectivity index (χ2v) is 8.46. The summed E-state index contributed by atoms with van der Waals surface area (Å²) in [6, 6.07) is 36.0. The molecule has 1 aliphatic heterocycles. The van der Waals surface area contributed by atoms with Crippen LogP contribution < -0.4 is 16.4 Å². The van der Waals surface area contributed by atoms with E-state index in [1.54, 1.807) is 0 Å². The van der Waals surface area contributed by atoms with Gasteiger partial charge in [0.1, 0.15) is 0 Å². The molecule has 0 amide bonds. The van der Waals surface area contributed by atoms with Crippen molar-refractivity contribution in [2.24, 2.45) is 0 Å². The van der Waals surface area contributed by atoms with Crippen LogP contribution in [0.5, 0.6) is 0 Å². The van der Waals surface area contributed by atoms with Gasteiger partial charge in [0.2, 0.25) is 6.71 Å². The van der Waals surface area contributed by atoms with Gasteiger partial charge in [-0.3, -0.25) is 4.79 Å². The van der Waals surface area contributed by atoms with Crippen LogP contribution in [-0.4, -0.2) is 12.5 Å². The summed E-state index contributed by atoms with van der Waals surface area (Å²) in [4.78, 5) is 13.9. The van der Waals surface area contributed by atoms with Gasteiger partial charge in [0, 0.05) is 11.1 Å². The highest BCUT2D eigenvalue weighted by atomic mass is 16.1. The molecule has 0 aromatic heterocycles. The van der Waals surface area contributed by atoms with Gasteiger partial charge in [-0.2, -0.15) is 0 Å². The van der Waals surface area contributed by atoms with Gasteiger partial charge in [0.15, 0.2) is 5.78 Å². The average Bonchev–Trinajstić information content (AvgIpc) is 2.93. The summed E-state index contributed by atoms with van der Waals surface area (Å²) in [5.41, 5.74) is 5.13. The predicted molar refractivity (Wildman–Crippen MR) is 131 cm³/mol. The Morgan fingerprint density at radius 2 is 1.19 bits per heavy atom. The zero-order valence-corrected chi connectivity index (χ0v) is 16.8. The van der Waals surface area contributed by atoms with Crippen molar-refractivity contribution in [3.63, 3.8) is 0 Å². The number of carbonyl (C=O) groups excluding carboxylic acids is 1. The smallest absolute Gasteiger partial charge is 0.242 e. The SMILES string of the molecule is O=C1c2ccccc2B(c2ccccc2)c2ccc3ccc4cccc5cc1c2c3c45. The van der Waals surface area contributed by atoms with Crippen molar-refractivity contribution >= 4 is 61.2 Å². The molecule has 0 spiro atoms. The first-order valence-electron chi connectivity index (χ1n) is 10.7. The molecule has 142 valence electrons. The van der Waals surface area contributed by atoms with Crippen LogP contribution in [0.1, 0.15) is 15.9 Å². The molecule has 31 heavy (non-hydrogen) atoms. The van der Waals surface area contributed by atoms with E-state index in [1.807, 2.05) is 24.3 Å². The van der Waals surface area contributed by atoms with Crippen LogP contribution >= 0.6 is 0 Å². The lowest BCUT2D eigenvalue weighted by atomic mass is 9.36. The Hall–Kier alpha value is -3.91. The van der Waals surface area contributed by atoms with Gasteiger partial charge in [-0.15, -0.1) is 0 Å². The maximum Gasteiger partial charge on any atom is 0.242 e. The summed E-state index contributed by atoms with van der Waals surface area (Å²) in [6.07, 6.45) is 0. The highest BCUT2D eigenvalue weighted by molar-refractivity contribution is 6.98. The van der Waals surface area contributed by atoms with Crippen LogP contribution in [0.2, 0.25) is 0 Å². The Bertz CT molecular complexity index is 1650. The maximum atomic E-state index is 13.9. The van der Waals surface area contributed by atoms with Crippen LogP contribution in [0, 0.1) is 0 Å². The summed E-state index contributed by atoms with van der Waals surface area (Å²) in [5, 5.41) is 7.12. The minimum atomic E-state index is 0.0205. The monoisotopic (exact) mass is 392 g/mol. The van der Waals surface area contributed by atoms with Crippen LogP contribution in [0.25, 0.3) is 32.3 Å². The van der Waals surface area contributed by atoms with Crippen LogP contribution in [0.4, 0.5) is 0 Å². The van der Waals surface area contributed by atoms with E-state index < -0.39 is 0 Å². The second kappa shape index (κ2) is 6.06. The number of ketones is 1. The number of hydrogen-bond donors (Lipinski definition) is 0. The molecular weight excluding hydrogens is 375 g/mol. The Labute approximate surface area is 180 Å². The molecule has 6 aromatic carbocycles. The van der Waals surface area contributed by atoms with Crippen LogP contribution in [-0.2, 0) is 0 Å². The van der Waals surface area contributed by atoms with E-state index in [1.165, 1.54) is 32.5 Å². The van der Waals surface area contributed by atoms with Crippen molar-refractivity contribution in [1.29, 1.82) is 0 Å². The number of rotatable bonds is 1. The molecular formula is C29H17BO.